The van der Waals surface area contributed by atoms with Crippen molar-refractivity contribution in [2.75, 3.05) is 52.5 Å². The summed E-state index contributed by atoms with van der Waals surface area (Å²) in [6.45, 7) is 4.41. The summed E-state index contributed by atoms with van der Waals surface area (Å²) < 4.78 is 21.2. The second-order valence-corrected chi connectivity index (χ2v) is 7.08. The molecule has 0 unspecified atom stereocenters. The average molecular weight is 413 g/mol. The number of aliphatic carboxylic acids is 1. The number of phenols is 1. The lowest BCUT2D eigenvalue weighted by atomic mass is 10.0. The van der Waals surface area contributed by atoms with Crippen LogP contribution in [0.3, 0.4) is 0 Å². The number of aromatic hydroxyl groups is 1. The van der Waals surface area contributed by atoms with Crippen molar-refractivity contribution in [1.29, 1.82) is 0 Å². The van der Waals surface area contributed by atoms with E-state index in [0.717, 1.165) is 0 Å². The number of carbonyl (C=O) groups is 1. The Labute approximate surface area is 168 Å². The van der Waals surface area contributed by atoms with Crippen molar-refractivity contribution >= 4 is 22.8 Å². The van der Waals surface area contributed by atoms with Crippen molar-refractivity contribution in [1.82, 2.24) is 0 Å². The van der Waals surface area contributed by atoms with E-state index in [1.54, 1.807) is 32.2 Å². The summed E-state index contributed by atoms with van der Waals surface area (Å²) >= 11 is 1.33. The average Bonchev–Trinajstić information content (AvgIpc) is 3.14. The fourth-order valence-electron chi connectivity index (χ4n) is 2.51. The van der Waals surface area contributed by atoms with Gasteiger partial charge >= 0.3 is 5.97 Å². The summed E-state index contributed by atoms with van der Waals surface area (Å²) in [5.74, 6) is -0.342. The van der Waals surface area contributed by atoms with Gasteiger partial charge in [0.2, 0.25) is 0 Å². The number of methoxy groups -OCH3 is 1. The molecule has 0 saturated carbocycles. The molecular formula is C19H27NO7S. The molecule has 28 heavy (non-hydrogen) atoms. The Morgan fingerprint density at radius 2 is 1.86 bits per heavy atom. The van der Waals surface area contributed by atoms with Crippen LogP contribution >= 0.6 is 11.8 Å². The molecule has 2 rings (SSSR count). The van der Waals surface area contributed by atoms with Crippen LogP contribution in [-0.2, 0) is 19.0 Å². The first-order valence-corrected chi connectivity index (χ1v) is 10.1. The molecule has 0 bridgehead atoms. The molecule has 9 heteroatoms. The van der Waals surface area contributed by atoms with E-state index in [4.69, 9.17) is 18.9 Å². The molecule has 8 nitrogen and oxygen atoms in total. The van der Waals surface area contributed by atoms with Gasteiger partial charge in [0.15, 0.2) is 17.0 Å². The first-order chi connectivity index (χ1) is 13.5. The van der Waals surface area contributed by atoms with Crippen LogP contribution in [0.1, 0.15) is 18.9 Å². The lowest BCUT2D eigenvalue weighted by molar-refractivity contribution is -0.142. The number of para-hydroxylation sites is 1. The number of thioether (sulfide) groups is 1. The number of benzene rings is 1. The van der Waals surface area contributed by atoms with E-state index in [1.165, 1.54) is 11.8 Å². The molecule has 0 spiro atoms. The second kappa shape index (κ2) is 11.3. The number of nitrogens with zero attached hydrogens (tertiary/aromatic N) is 1. The van der Waals surface area contributed by atoms with Gasteiger partial charge in [-0.3, -0.25) is 4.99 Å². The zero-order valence-electron chi connectivity index (χ0n) is 16.2. The predicted octanol–water partition coefficient (Wildman–Crippen LogP) is 2.18. The molecule has 1 aliphatic rings. The van der Waals surface area contributed by atoms with Gasteiger partial charge in [0.05, 0.1) is 38.6 Å². The molecule has 0 aliphatic carbocycles. The van der Waals surface area contributed by atoms with Crippen LogP contribution in [0.4, 0.5) is 0 Å². The molecule has 156 valence electrons. The number of carboxylic acids is 1. The summed E-state index contributed by atoms with van der Waals surface area (Å²) in [4.78, 5) is 15.9. The number of rotatable bonds is 13. The van der Waals surface area contributed by atoms with Gasteiger partial charge in [-0.25, -0.2) is 4.79 Å². The fraction of sp³-hybridized carbons (Fsp3) is 0.579. The Bertz CT molecular complexity index is 682. The minimum atomic E-state index is -1.14. The van der Waals surface area contributed by atoms with Crippen molar-refractivity contribution in [3.8, 4) is 11.5 Å². The van der Waals surface area contributed by atoms with E-state index >= 15 is 0 Å². The van der Waals surface area contributed by atoms with E-state index in [2.05, 4.69) is 4.99 Å². The molecule has 0 amide bonds. The van der Waals surface area contributed by atoms with Crippen LogP contribution in [-0.4, -0.2) is 79.3 Å². The Morgan fingerprint density at radius 3 is 2.46 bits per heavy atom. The van der Waals surface area contributed by atoms with E-state index in [1.807, 2.05) is 0 Å². The van der Waals surface area contributed by atoms with Gasteiger partial charge in [-0.15, -0.1) is 11.8 Å². The van der Waals surface area contributed by atoms with Crippen LogP contribution in [0.15, 0.2) is 23.2 Å². The first kappa shape index (κ1) is 22.5. The Kier molecular flexibility index (Phi) is 9.04. The van der Waals surface area contributed by atoms with Crippen molar-refractivity contribution in [3.05, 3.63) is 23.8 Å². The number of hydrogen-bond acceptors (Lipinski definition) is 8. The highest BCUT2D eigenvalue weighted by molar-refractivity contribution is 8.14. The Morgan fingerprint density at radius 1 is 1.18 bits per heavy atom. The van der Waals surface area contributed by atoms with Crippen LogP contribution < -0.4 is 4.74 Å². The van der Waals surface area contributed by atoms with E-state index < -0.39 is 11.5 Å². The number of carboxylic acid groups (broad SMARTS) is 1. The highest BCUT2D eigenvalue weighted by atomic mass is 32.2. The maximum atomic E-state index is 11.5. The molecule has 1 aromatic carbocycles. The molecule has 0 radical (unpaired) electrons. The summed E-state index contributed by atoms with van der Waals surface area (Å²) in [6, 6.07) is 5.09. The minimum absolute atomic E-state index is 0.0473. The summed E-state index contributed by atoms with van der Waals surface area (Å²) in [5.41, 5.74) is -0.658. The van der Waals surface area contributed by atoms with Crippen molar-refractivity contribution in [2.24, 2.45) is 4.99 Å². The van der Waals surface area contributed by atoms with Crippen molar-refractivity contribution in [2.45, 2.75) is 18.9 Å². The lowest BCUT2D eigenvalue weighted by Crippen LogP contribution is -2.36. The molecular weight excluding hydrogens is 386 g/mol. The van der Waals surface area contributed by atoms with Gasteiger partial charge in [0.25, 0.3) is 0 Å². The minimum Gasteiger partial charge on any atom is -0.504 e. The van der Waals surface area contributed by atoms with Crippen LogP contribution in [0, 0.1) is 0 Å². The summed E-state index contributed by atoms with van der Waals surface area (Å²) in [7, 11) is 1.62. The number of ether oxygens (including phenoxy) is 4. The molecule has 1 aliphatic heterocycles. The topological polar surface area (TPSA) is 107 Å². The third-order valence-electron chi connectivity index (χ3n) is 4.26. The third-order valence-corrected chi connectivity index (χ3v) is 5.47. The maximum Gasteiger partial charge on any atom is 0.332 e. The van der Waals surface area contributed by atoms with Crippen molar-refractivity contribution < 1.29 is 34.0 Å². The molecule has 2 N–H and O–H groups in total. The quantitative estimate of drug-likeness (QED) is 0.474. The van der Waals surface area contributed by atoms with Gasteiger partial charge in [0.1, 0.15) is 11.7 Å². The zero-order chi connectivity index (χ0) is 20.4. The van der Waals surface area contributed by atoms with Gasteiger partial charge in [-0.1, -0.05) is 13.0 Å². The smallest absolute Gasteiger partial charge is 0.332 e. The molecule has 1 atom stereocenters. The zero-order valence-corrected chi connectivity index (χ0v) is 17.0. The predicted molar refractivity (Wildman–Crippen MR) is 107 cm³/mol. The number of phenolic OH excluding ortho intramolecular Hbond substituents is 1. The van der Waals surface area contributed by atoms with E-state index in [-0.39, 0.29) is 12.4 Å². The monoisotopic (exact) mass is 413 g/mol. The third kappa shape index (κ3) is 5.84. The second-order valence-electron chi connectivity index (χ2n) is 6.11. The van der Waals surface area contributed by atoms with E-state index in [0.29, 0.717) is 61.6 Å². The molecule has 1 aromatic rings. The number of hydrogen-bond donors (Lipinski definition) is 2. The Hall–Kier alpha value is -1.81. The molecule has 0 aromatic heterocycles. The highest BCUT2D eigenvalue weighted by Crippen LogP contribution is 2.39. The normalized spacial score (nSPS) is 18.9. The van der Waals surface area contributed by atoms with Crippen LogP contribution in [0.25, 0.3) is 0 Å². The standard InChI is InChI=1S/C19H27NO7S/c1-3-19(18(22)23)13-28-17(20-19)14-5-4-6-15(16(14)21)27-12-11-26-10-9-25-8-7-24-2/h4-6,21H,3,7-13H2,1-2H3,(H,22,23)/t19-/m1/s1. The van der Waals surface area contributed by atoms with Gasteiger partial charge in [-0.05, 0) is 18.6 Å². The van der Waals surface area contributed by atoms with Gasteiger partial charge < -0.3 is 29.2 Å². The maximum absolute atomic E-state index is 11.5. The molecule has 1 heterocycles. The largest absolute Gasteiger partial charge is 0.504 e. The highest BCUT2D eigenvalue weighted by Gasteiger charge is 2.42. The van der Waals surface area contributed by atoms with Crippen LogP contribution in [0.5, 0.6) is 11.5 Å². The summed E-state index contributed by atoms with van der Waals surface area (Å²) in [5, 5.41) is 20.5. The summed E-state index contributed by atoms with van der Waals surface area (Å²) in [6.07, 6.45) is 0.391. The van der Waals surface area contributed by atoms with Gasteiger partial charge in [-0.2, -0.15) is 0 Å². The SMILES string of the molecule is CC[C@]1(C(=O)O)CSC(c2cccc(OCCOCCOCCOC)c2O)=N1. The lowest BCUT2D eigenvalue weighted by Gasteiger charge is -2.16. The van der Waals surface area contributed by atoms with Gasteiger partial charge in [0, 0.05) is 12.9 Å². The van der Waals surface area contributed by atoms with E-state index in [9.17, 15) is 15.0 Å². The van der Waals surface area contributed by atoms with Crippen LogP contribution in [0.2, 0.25) is 0 Å². The van der Waals surface area contributed by atoms with Crippen molar-refractivity contribution in [3.63, 3.8) is 0 Å². The fourth-order valence-corrected chi connectivity index (χ4v) is 3.84. The molecule has 0 fully saturated rings. The number of aliphatic imine (C=N–C) groups is 1. The Balaban J connectivity index is 1.86. The first-order valence-electron chi connectivity index (χ1n) is 9.09. The molecule has 0 saturated heterocycles.